The Hall–Kier alpha value is -1.03. The quantitative estimate of drug-likeness (QED) is 0.769. The van der Waals surface area contributed by atoms with Crippen LogP contribution in [0.5, 0.6) is 0 Å². The lowest BCUT2D eigenvalue weighted by molar-refractivity contribution is 0.0905. The summed E-state index contributed by atoms with van der Waals surface area (Å²) in [7, 11) is -0.684. The van der Waals surface area contributed by atoms with Gasteiger partial charge in [0.2, 0.25) is 0 Å². The molecule has 2 aliphatic heterocycles. The highest BCUT2D eigenvalue weighted by Crippen LogP contribution is 2.39. The average Bonchev–Trinajstić information content (AvgIpc) is 2.61. The fraction of sp³-hybridized carbons (Fsp3) is 0.571. The van der Waals surface area contributed by atoms with Crippen LogP contribution in [0.4, 0.5) is 0 Å². The Balaban J connectivity index is 1.80. The number of carbonyl (C=O) groups excluding carboxylic acids is 1. The molecule has 3 heterocycles. The maximum absolute atomic E-state index is 12.4. The Morgan fingerprint density at radius 2 is 1.94 bits per heavy atom. The molecular weight excluding hydrogens is 246 g/mol. The molecule has 2 aliphatic rings. The van der Waals surface area contributed by atoms with Crippen LogP contribution in [0.3, 0.4) is 0 Å². The lowest BCUT2D eigenvalue weighted by atomic mass is 9.91. The fourth-order valence-corrected chi connectivity index (χ4v) is 5.30. The number of hydrogen-bond acceptors (Lipinski definition) is 3. The molecule has 2 unspecified atom stereocenters. The summed E-state index contributed by atoms with van der Waals surface area (Å²) in [4.78, 5) is 16.5. The molecule has 96 valence electrons. The highest BCUT2D eigenvalue weighted by Gasteiger charge is 2.42. The van der Waals surface area contributed by atoms with Crippen LogP contribution < -0.4 is 0 Å². The van der Waals surface area contributed by atoms with Crippen LogP contribution in [0.2, 0.25) is 0 Å². The van der Waals surface area contributed by atoms with E-state index in [-0.39, 0.29) is 22.2 Å². The second-order valence-corrected chi connectivity index (χ2v) is 7.42. The van der Waals surface area contributed by atoms with Gasteiger partial charge >= 0.3 is 0 Å². The molecule has 18 heavy (non-hydrogen) atoms. The van der Waals surface area contributed by atoms with Crippen LogP contribution >= 0.6 is 0 Å². The van der Waals surface area contributed by atoms with E-state index in [0.29, 0.717) is 5.56 Å². The average molecular weight is 263 g/mol. The van der Waals surface area contributed by atoms with Crippen molar-refractivity contribution in [3.8, 4) is 0 Å². The van der Waals surface area contributed by atoms with E-state index in [0.717, 1.165) is 31.2 Å². The van der Waals surface area contributed by atoms with Gasteiger partial charge in [0.1, 0.15) is 0 Å². The van der Waals surface area contributed by atoms with Crippen molar-refractivity contribution in [2.45, 2.75) is 43.1 Å². The summed E-state index contributed by atoms with van der Waals surface area (Å²) in [5, 5.41) is 0.519. The Labute approximate surface area is 109 Å². The molecule has 1 aromatic heterocycles. The maximum atomic E-state index is 12.4. The van der Waals surface area contributed by atoms with Gasteiger partial charge in [-0.3, -0.25) is 14.0 Å². The van der Waals surface area contributed by atoms with Gasteiger partial charge < -0.3 is 0 Å². The van der Waals surface area contributed by atoms with E-state index in [2.05, 4.69) is 4.98 Å². The van der Waals surface area contributed by atoms with Crippen LogP contribution in [0.25, 0.3) is 0 Å². The van der Waals surface area contributed by atoms with Gasteiger partial charge in [-0.25, -0.2) is 0 Å². The maximum Gasteiger partial charge on any atom is 0.167 e. The largest absolute Gasteiger partial charge is 0.294 e. The standard InChI is InChI=1S/C14H17NO2S/c1-9-4-11(8-15-7-9)14(16)10-5-12-2-3-13(6-10)18(12)17/h4,7-8,10,12-13H,2-3,5-6H2,1H3. The predicted octanol–water partition coefficient (Wildman–Crippen LogP) is 2.26. The monoisotopic (exact) mass is 263 g/mol. The molecule has 2 bridgehead atoms. The van der Waals surface area contributed by atoms with E-state index >= 15 is 0 Å². The highest BCUT2D eigenvalue weighted by molar-refractivity contribution is 7.86. The molecule has 0 aromatic carbocycles. The molecular formula is C14H17NO2S. The third-order valence-corrected chi connectivity index (χ3v) is 6.26. The van der Waals surface area contributed by atoms with Crippen molar-refractivity contribution in [3.63, 3.8) is 0 Å². The van der Waals surface area contributed by atoms with E-state index in [9.17, 15) is 9.00 Å². The van der Waals surface area contributed by atoms with Gasteiger partial charge in [-0.1, -0.05) is 0 Å². The molecule has 3 rings (SSSR count). The van der Waals surface area contributed by atoms with Crippen LogP contribution in [0.1, 0.15) is 41.6 Å². The van der Waals surface area contributed by atoms with Gasteiger partial charge in [-0.2, -0.15) is 0 Å². The molecule has 0 saturated carbocycles. The first-order valence-corrected chi connectivity index (χ1v) is 7.78. The molecule has 2 saturated heterocycles. The zero-order chi connectivity index (χ0) is 12.7. The molecule has 0 amide bonds. The zero-order valence-corrected chi connectivity index (χ0v) is 11.3. The summed E-state index contributed by atoms with van der Waals surface area (Å²) in [5.74, 6) is 0.253. The summed E-state index contributed by atoms with van der Waals surface area (Å²) in [5.41, 5.74) is 1.73. The van der Waals surface area contributed by atoms with Gasteiger partial charge in [0.05, 0.1) is 0 Å². The van der Waals surface area contributed by atoms with Gasteiger partial charge in [-0.15, -0.1) is 0 Å². The van der Waals surface area contributed by atoms with Crippen molar-refractivity contribution in [1.29, 1.82) is 0 Å². The van der Waals surface area contributed by atoms with Crippen LogP contribution in [-0.2, 0) is 10.8 Å². The third-order valence-electron chi connectivity index (χ3n) is 4.09. The van der Waals surface area contributed by atoms with E-state index in [1.165, 1.54) is 0 Å². The smallest absolute Gasteiger partial charge is 0.167 e. The molecule has 4 heteroatoms. The second kappa shape index (κ2) is 4.57. The molecule has 0 spiro atoms. The number of hydrogen-bond donors (Lipinski definition) is 0. The van der Waals surface area contributed by atoms with Crippen molar-refractivity contribution >= 4 is 16.6 Å². The molecule has 1 aromatic rings. The first-order chi connectivity index (χ1) is 8.65. The van der Waals surface area contributed by atoms with E-state index < -0.39 is 10.8 Å². The van der Waals surface area contributed by atoms with Crippen molar-refractivity contribution in [2.24, 2.45) is 5.92 Å². The summed E-state index contributed by atoms with van der Waals surface area (Å²) in [6.45, 7) is 1.95. The number of rotatable bonds is 2. The SMILES string of the molecule is Cc1cncc(C(=O)C2CC3CCC(C2)S3=O)c1. The number of aromatic nitrogens is 1. The Morgan fingerprint density at radius 1 is 1.28 bits per heavy atom. The highest BCUT2D eigenvalue weighted by atomic mass is 32.2. The first kappa shape index (κ1) is 12.0. The number of fused-ring (bicyclic) bond motifs is 2. The third kappa shape index (κ3) is 2.03. The van der Waals surface area contributed by atoms with Gasteiger partial charge in [0.25, 0.3) is 0 Å². The number of pyridine rings is 1. The van der Waals surface area contributed by atoms with E-state index in [4.69, 9.17) is 0 Å². The van der Waals surface area contributed by atoms with Crippen LogP contribution in [-0.4, -0.2) is 25.5 Å². The Bertz CT molecular complexity index is 498. The molecule has 3 nitrogen and oxygen atoms in total. The molecule has 2 atom stereocenters. The fourth-order valence-electron chi connectivity index (χ4n) is 3.17. The van der Waals surface area contributed by atoms with E-state index in [1.807, 2.05) is 13.0 Å². The van der Waals surface area contributed by atoms with Crippen molar-refractivity contribution in [1.82, 2.24) is 4.98 Å². The van der Waals surface area contributed by atoms with Crippen LogP contribution in [0, 0.1) is 12.8 Å². The van der Waals surface area contributed by atoms with Gasteiger partial charge in [-0.05, 0) is 44.2 Å². The van der Waals surface area contributed by atoms with Crippen molar-refractivity contribution < 1.29 is 9.00 Å². The van der Waals surface area contributed by atoms with Crippen molar-refractivity contribution in [2.75, 3.05) is 0 Å². The minimum atomic E-state index is -0.684. The van der Waals surface area contributed by atoms with E-state index in [1.54, 1.807) is 12.4 Å². The molecule has 0 N–H and O–H groups in total. The summed E-state index contributed by atoms with van der Waals surface area (Å²) in [6, 6.07) is 1.91. The normalized spacial score (nSPS) is 34.5. The summed E-state index contributed by atoms with van der Waals surface area (Å²) >= 11 is 0. The summed E-state index contributed by atoms with van der Waals surface area (Å²) < 4.78 is 11.9. The number of carbonyl (C=O) groups is 1. The number of aryl methyl sites for hydroxylation is 1. The van der Waals surface area contributed by atoms with Crippen LogP contribution in [0.15, 0.2) is 18.5 Å². The summed E-state index contributed by atoms with van der Waals surface area (Å²) in [6.07, 6.45) is 7.09. The predicted molar refractivity (Wildman–Crippen MR) is 71.0 cm³/mol. The first-order valence-electron chi connectivity index (χ1n) is 6.50. The topological polar surface area (TPSA) is 47.0 Å². The lowest BCUT2D eigenvalue weighted by Crippen LogP contribution is -2.32. The molecule has 0 aliphatic carbocycles. The minimum absolute atomic E-state index is 0.0591. The minimum Gasteiger partial charge on any atom is -0.294 e. The number of Topliss-reactive ketones (excluding diaryl/α,β-unsaturated/α-hetero) is 1. The number of ketones is 1. The molecule has 0 radical (unpaired) electrons. The van der Waals surface area contributed by atoms with Crippen molar-refractivity contribution in [3.05, 3.63) is 29.6 Å². The van der Waals surface area contributed by atoms with Gasteiger partial charge in [0.15, 0.2) is 5.78 Å². The Morgan fingerprint density at radius 3 is 2.56 bits per heavy atom. The lowest BCUT2D eigenvalue weighted by Gasteiger charge is -2.26. The Kier molecular flexibility index (Phi) is 3.06. The molecule has 2 fully saturated rings. The van der Waals surface area contributed by atoms with Gasteiger partial charge in [0, 0.05) is 45.2 Å². The number of nitrogens with zero attached hydrogens (tertiary/aromatic N) is 1. The zero-order valence-electron chi connectivity index (χ0n) is 10.5. The second-order valence-electron chi connectivity index (χ2n) is 5.43.